The van der Waals surface area contributed by atoms with Crippen molar-refractivity contribution in [2.45, 2.75) is 44.3 Å². The van der Waals surface area contributed by atoms with E-state index in [4.69, 9.17) is 0 Å². The SMILES string of the molecule is O=C(NCc1ccc(CN2CCCCC2)cc1)c1ccc([C@H]2SCC(=O)N2Cc2ccccc2)cc1. The highest BCUT2D eigenvalue weighted by molar-refractivity contribution is 8.00. The predicted octanol–water partition coefficient (Wildman–Crippen LogP) is 5.38. The Morgan fingerprint density at radius 1 is 0.806 bits per heavy atom. The first-order valence-corrected chi connectivity index (χ1v) is 13.8. The van der Waals surface area contributed by atoms with Crippen molar-refractivity contribution < 1.29 is 9.59 Å². The lowest BCUT2D eigenvalue weighted by molar-refractivity contribution is -0.128. The average molecular weight is 500 g/mol. The Labute approximate surface area is 217 Å². The number of amides is 2. The molecule has 0 bridgehead atoms. The average Bonchev–Trinajstić information content (AvgIpc) is 3.29. The molecule has 0 unspecified atom stereocenters. The zero-order valence-electron chi connectivity index (χ0n) is 20.6. The van der Waals surface area contributed by atoms with Crippen LogP contribution in [0.3, 0.4) is 0 Å². The van der Waals surface area contributed by atoms with Gasteiger partial charge in [-0.3, -0.25) is 14.5 Å². The van der Waals surface area contributed by atoms with Crippen molar-refractivity contribution in [3.05, 3.63) is 107 Å². The topological polar surface area (TPSA) is 52.7 Å². The van der Waals surface area contributed by atoms with Crippen LogP contribution < -0.4 is 5.32 Å². The number of thioether (sulfide) groups is 1. The maximum atomic E-state index is 12.8. The Kier molecular flexibility index (Phi) is 8.04. The van der Waals surface area contributed by atoms with Gasteiger partial charge in [0.15, 0.2) is 0 Å². The van der Waals surface area contributed by atoms with Crippen molar-refractivity contribution in [1.82, 2.24) is 15.1 Å². The quantitative estimate of drug-likeness (QED) is 0.452. The first kappa shape index (κ1) is 24.6. The van der Waals surface area contributed by atoms with E-state index in [1.807, 2.05) is 59.5 Å². The molecule has 0 spiro atoms. The van der Waals surface area contributed by atoms with Gasteiger partial charge in [0, 0.05) is 25.2 Å². The van der Waals surface area contributed by atoms with E-state index in [1.165, 1.54) is 37.9 Å². The Balaban J connectivity index is 1.15. The number of likely N-dealkylation sites (tertiary alicyclic amines) is 1. The van der Waals surface area contributed by atoms with E-state index in [-0.39, 0.29) is 17.2 Å². The molecule has 186 valence electrons. The molecule has 3 aromatic carbocycles. The summed E-state index contributed by atoms with van der Waals surface area (Å²) in [6, 6.07) is 26.3. The van der Waals surface area contributed by atoms with Gasteiger partial charge in [0.1, 0.15) is 5.37 Å². The lowest BCUT2D eigenvalue weighted by Crippen LogP contribution is -2.29. The number of rotatable bonds is 8. The molecular formula is C30H33N3O2S. The van der Waals surface area contributed by atoms with Gasteiger partial charge in [-0.1, -0.05) is 73.2 Å². The van der Waals surface area contributed by atoms with Crippen LogP contribution in [0.2, 0.25) is 0 Å². The monoisotopic (exact) mass is 499 g/mol. The van der Waals surface area contributed by atoms with Gasteiger partial charge >= 0.3 is 0 Å². The molecule has 1 N–H and O–H groups in total. The molecule has 6 heteroatoms. The summed E-state index contributed by atoms with van der Waals surface area (Å²) in [5.74, 6) is 0.546. The van der Waals surface area contributed by atoms with Crippen LogP contribution in [0.4, 0.5) is 0 Å². The molecule has 2 heterocycles. The molecule has 0 aromatic heterocycles. The minimum Gasteiger partial charge on any atom is -0.348 e. The van der Waals surface area contributed by atoms with Crippen LogP contribution in [0, 0.1) is 0 Å². The molecule has 5 nitrogen and oxygen atoms in total. The highest BCUT2D eigenvalue weighted by Crippen LogP contribution is 2.39. The van der Waals surface area contributed by atoms with Crippen LogP contribution in [0.25, 0.3) is 0 Å². The maximum Gasteiger partial charge on any atom is 0.251 e. The number of carbonyl (C=O) groups is 2. The molecule has 2 aliphatic heterocycles. The molecule has 1 atom stereocenters. The zero-order chi connectivity index (χ0) is 24.7. The maximum absolute atomic E-state index is 12.8. The second kappa shape index (κ2) is 11.8. The summed E-state index contributed by atoms with van der Waals surface area (Å²) >= 11 is 1.64. The molecule has 0 aliphatic carbocycles. The van der Waals surface area contributed by atoms with Gasteiger partial charge in [0.2, 0.25) is 5.91 Å². The van der Waals surface area contributed by atoms with Crippen LogP contribution in [0.15, 0.2) is 78.9 Å². The number of nitrogens with zero attached hydrogens (tertiary/aromatic N) is 2. The van der Waals surface area contributed by atoms with Crippen LogP contribution in [-0.4, -0.2) is 40.5 Å². The van der Waals surface area contributed by atoms with Crippen molar-refractivity contribution in [2.75, 3.05) is 18.8 Å². The second-order valence-corrected chi connectivity index (χ2v) is 10.7. The molecule has 0 radical (unpaired) electrons. The molecule has 2 aliphatic rings. The van der Waals surface area contributed by atoms with Crippen LogP contribution >= 0.6 is 11.8 Å². The van der Waals surface area contributed by atoms with Gasteiger partial charge in [0.25, 0.3) is 5.91 Å². The molecular weight excluding hydrogens is 466 g/mol. The van der Waals surface area contributed by atoms with E-state index in [2.05, 4.69) is 34.5 Å². The molecule has 5 rings (SSSR count). The zero-order valence-corrected chi connectivity index (χ0v) is 21.4. The number of carbonyl (C=O) groups excluding carboxylic acids is 2. The predicted molar refractivity (Wildman–Crippen MR) is 145 cm³/mol. The molecule has 2 fully saturated rings. The van der Waals surface area contributed by atoms with E-state index < -0.39 is 0 Å². The van der Waals surface area contributed by atoms with Gasteiger partial charge in [0.05, 0.1) is 5.75 Å². The summed E-state index contributed by atoms with van der Waals surface area (Å²) in [5, 5.41) is 3.01. The first-order valence-electron chi connectivity index (χ1n) is 12.8. The first-order chi connectivity index (χ1) is 17.7. The fourth-order valence-corrected chi connectivity index (χ4v) is 6.09. The summed E-state index contributed by atoms with van der Waals surface area (Å²) in [6.45, 7) is 4.49. The Morgan fingerprint density at radius 3 is 2.19 bits per heavy atom. The van der Waals surface area contributed by atoms with E-state index >= 15 is 0 Å². The van der Waals surface area contributed by atoms with Crippen molar-refractivity contribution in [2.24, 2.45) is 0 Å². The molecule has 3 aromatic rings. The number of hydrogen-bond donors (Lipinski definition) is 1. The van der Waals surface area contributed by atoms with E-state index in [9.17, 15) is 9.59 Å². The van der Waals surface area contributed by atoms with Gasteiger partial charge in [-0.15, -0.1) is 11.8 Å². The van der Waals surface area contributed by atoms with Gasteiger partial charge < -0.3 is 10.2 Å². The molecule has 0 saturated carbocycles. The second-order valence-electron chi connectivity index (χ2n) is 9.63. The minimum atomic E-state index is -0.0877. The lowest BCUT2D eigenvalue weighted by Gasteiger charge is -2.26. The third-order valence-corrected chi connectivity index (χ3v) is 8.21. The summed E-state index contributed by atoms with van der Waals surface area (Å²) in [7, 11) is 0. The highest BCUT2D eigenvalue weighted by Gasteiger charge is 2.32. The number of piperidine rings is 1. The normalized spacial score (nSPS) is 18.4. The lowest BCUT2D eigenvalue weighted by atomic mass is 10.1. The van der Waals surface area contributed by atoms with Gasteiger partial charge in [-0.2, -0.15) is 0 Å². The largest absolute Gasteiger partial charge is 0.348 e. The summed E-state index contributed by atoms with van der Waals surface area (Å²) < 4.78 is 0. The van der Waals surface area contributed by atoms with Crippen molar-refractivity contribution >= 4 is 23.6 Å². The minimum absolute atomic E-state index is 0.0294. The van der Waals surface area contributed by atoms with E-state index in [0.29, 0.717) is 24.4 Å². The summed E-state index contributed by atoms with van der Waals surface area (Å²) in [6.07, 6.45) is 3.95. The van der Waals surface area contributed by atoms with Crippen LogP contribution in [0.5, 0.6) is 0 Å². The fourth-order valence-electron chi connectivity index (χ4n) is 4.90. The van der Waals surface area contributed by atoms with E-state index in [1.54, 1.807) is 11.8 Å². The van der Waals surface area contributed by atoms with E-state index in [0.717, 1.165) is 23.2 Å². The van der Waals surface area contributed by atoms with Gasteiger partial charge in [-0.25, -0.2) is 0 Å². The number of nitrogens with one attached hydrogen (secondary N) is 1. The van der Waals surface area contributed by atoms with Crippen molar-refractivity contribution in [3.8, 4) is 0 Å². The number of hydrogen-bond acceptors (Lipinski definition) is 4. The Bertz CT molecular complexity index is 1160. The summed E-state index contributed by atoms with van der Waals surface area (Å²) in [4.78, 5) is 29.7. The fraction of sp³-hybridized carbons (Fsp3) is 0.333. The smallest absolute Gasteiger partial charge is 0.251 e. The molecule has 2 saturated heterocycles. The summed E-state index contributed by atoms with van der Waals surface area (Å²) in [5.41, 5.74) is 5.22. The van der Waals surface area contributed by atoms with Crippen LogP contribution in [-0.2, 0) is 24.4 Å². The van der Waals surface area contributed by atoms with Crippen molar-refractivity contribution in [3.63, 3.8) is 0 Å². The Morgan fingerprint density at radius 2 is 1.47 bits per heavy atom. The third kappa shape index (κ3) is 6.18. The molecule has 36 heavy (non-hydrogen) atoms. The van der Waals surface area contributed by atoms with Crippen LogP contribution in [0.1, 0.15) is 57.2 Å². The third-order valence-electron chi connectivity index (χ3n) is 6.95. The standard InChI is InChI=1S/C30H33N3O2S/c34-28-22-36-30(33(28)21-24-7-3-1-4-8-24)27-15-13-26(14-16-27)29(35)31-19-23-9-11-25(12-10-23)20-32-17-5-2-6-18-32/h1,3-4,7-16,30H,2,5-6,17-22H2,(H,31,35)/t30-/m1/s1. The Hall–Kier alpha value is -3.09. The molecule has 2 amide bonds. The highest BCUT2D eigenvalue weighted by atomic mass is 32.2. The number of benzene rings is 3. The van der Waals surface area contributed by atoms with Gasteiger partial charge in [-0.05, 0) is 60.3 Å². The van der Waals surface area contributed by atoms with Crippen molar-refractivity contribution in [1.29, 1.82) is 0 Å².